The zero-order valence-corrected chi connectivity index (χ0v) is 13.6. The quantitative estimate of drug-likeness (QED) is 0.325. The first-order chi connectivity index (χ1) is 10.9. The lowest BCUT2D eigenvalue weighted by Crippen LogP contribution is -1.97. The lowest BCUT2D eigenvalue weighted by molar-refractivity contribution is -0.384. The molecule has 5 heteroatoms. The molecule has 0 bridgehead atoms. The maximum atomic E-state index is 12.1. The van der Waals surface area contributed by atoms with Crippen molar-refractivity contribution in [3.05, 3.63) is 80.4 Å². The number of benzene rings is 2. The Morgan fingerprint density at radius 2 is 1.83 bits per heavy atom. The summed E-state index contributed by atoms with van der Waals surface area (Å²) in [5.41, 5.74) is 2.08. The second-order valence-corrected chi connectivity index (χ2v) is 5.85. The smallest absolute Gasteiger partial charge is 0.288 e. The number of hydrogen-bond donors (Lipinski definition) is 0. The zero-order chi connectivity index (χ0) is 17.0. The standard InChI is InChI=1S/C18H16ClNO3/c1-12(2)14-6-3-13(4-7-14)5-10-18(21)15-8-9-16(19)17(11-15)20(22)23/h3-12H,1-2H3. The third-order valence-corrected chi connectivity index (χ3v) is 3.78. The summed E-state index contributed by atoms with van der Waals surface area (Å²) in [5.74, 6) is 0.141. The van der Waals surface area contributed by atoms with E-state index in [-0.39, 0.29) is 22.1 Å². The maximum absolute atomic E-state index is 12.1. The number of carbonyl (C=O) groups excluding carboxylic acids is 1. The van der Waals surface area contributed by atoms with Crippen LogP contribution in [0.3, 0.4) is 0 Å². The van der Waals surface area contributed by atoms with Crippen LogP contribution < -0.4 is 0 Å². The number of nitro benzene ring substituents is 1. The van der Waals surface area contributed by atoms with Gasteiger partial charge >= 0.3 is 0 Å². The molecule has 0 unspecified atom stereocenters. The van der Waals surface area contributed by atoms with Gasteiger partial charge in [-0.15, -0.1) is 0 Å². The fourth-order valence-corrected chi connectivity index (χ4v) is 2.25. The lowest BCUT2D eigenvalue weighted by atomic mass is 10.0. The Morgan fingerprint density at radius 1 is 1.17 bits per heavy atom. The molecule has 0 heterocycles. The van der Waals surface area contributed by atoms with Gasteiger partial charge in [-0.05, 0) is 35.3 Å². The Bertz CT molecular complexity index is 764. The number of carbonyl (C=O) groups is 1. The van der Waals surface area contributed by atoms with Gasteiger partial charge in [-0.25, -0.2) is 0 Å². The highest BCUT2D eigenvalue weighted by Crippen LogP contribution is 2.25. The zero-order valence-electron chi connectivity index (χ0n) is 12.8. The third kappa shape index (κ3) is 4.27. The van der Waals surface area contributed by atoms with Crippen LogP contribution in [0.2, 0.25) is 5.02 Å². The molecular weight excluding hydrogens is 314 g/mol. The molecule has 23 heavy (non-hydrogen) atoms. The van der Waals surface area contributed by atoms with Crippen LogP contribution in [0.15, 0.2) is 48.5 Å². The normalized spacial score (nSPS) is 11.1. The fraction of sp³-hybridized carbons (Fsp3) is 0.167. The predicted molar refractivity (Wildman–Crippen MR) is 92.0 cm³/mol. The molecule has 0 N–H and O–H groups in total. The van der Waals surface area contributed by atoms with Gasteiger partial charge in [0.15, 0.2) is 5.78 Å². The summed E-state index contributed by atoms with van der Waals surface area (Å²) in [6.07, 6.45) is 3.09. The van der Waals surface area contributed by atoms with Crippen LogP contribution in [0.25, 0.3) is 6.08 Å². The molecule has 0 saturated carbocycles. The van der Waals surface area contributed by atoms with E-state index in [9.17, 15) is 14.9 Å². The molecule has 2 aromatic rings. The molecule has 4 nitrogen and oxygen atoms in total. The molecule has 2 rings (SSSR count). The van der Waals surface area contributed by atoms with Crippen LogP contribution in [-0.2, 0) is 0 Å². The highest BCUT2D eigenvalue weighted by atomic mass is 35.5. The van der Waals surface area contributed by atoms with Crippen molar-refractivity contribution in [2.75, 3.05) is 0 Å². The van der Waals surface area contributed by atoms with E-state index in [0.29, 0.717) is 5.92 Å². The molecule has 118 valence electrons. The van der Waals surface area contributed by atoms with E-state index in [0.717, 1.165) is 5.56 Å². The molecule has 0 saturated heterocycles. The molecule has 0 fully saturated rings. The van der Waals surface area contributed by atoms with E-state index in [1.165, 1.54) is 29.8 Å². The SMILES string of the molecule is CC(C)c1ccc(C=CC(=O)c2ccc(Cl)c([N+](=O)[O-])c2)cc1. The third-order valence-electron chi connectivity index (χ3n) is 3.46. The molecule has 0 aromatic heterocycles. The number of allylic oxidation sites excluding steroid dienone is 1. The monoisotopic (exact) mass is 329 g/mol. The van der Waals surface area contributed by atoms with Gasteiger partial charge in [-0.2, -0.15) is 0 Å². The molecule has 0 radical (unpaired) electrons. The van der Waals surface area contributed by atoms with E-state index in [1.807, 2.05) is 24.3 Å². The average Bonchev–Trinajstić information content (AvgIpc) is 2.53. The Kier molecular flexibility index (Phi) is 5.29. The van der Waals surface area contributed by atoms with Crippen molar-refractivity contribution in [2.24, 2.45) is 0 Å². The lowest BCUT2D eigenvalue weighted by Gasteiger charge is -2.04. The van der Waals surface area contributed by atoms with Crippen LogP contribution in [0.1, 0.15) is 41.3 Å². The number of halogens is 1. The topological polar surface area (TPSA) is 60.2 Å². The first-order valence-electron chi connectivity index (χ1n) is 7.15. The number of ketones is 1. The highest BCUT2D eigenvalue weighted by Gasteiger charge is 2.14. The molecule has 0 atom stereocenters. The van der Waals surface area contributed by atoms with Crippen LogP contribution in [0.4, 0.5) is 5.69 Å². The summed E-state index contributed by atoms with van der Waals surface area (Å²) in [5, 5.41) is 10.9. The first kappa shape index (κ1) is 16.9. The van der Waals surface area contributed by atoms with Crippen molar-refractivity contribution >= 4 is 29.1 Å². The van der Waals surface area contributed by atoms with Gasteiger partial charge in [0.05, 0.1) is 4.92 Å². The predicted octanol–water partition coefficient (Wildman–Crippen LogP) is 5.27. The summed E-state index contributed by atoms with van der Waals surface area (Å²) in [6, 6.07) is 11.9. The van der Waals surface area contributed by atoms with Crippen molar-refractivity contribution in [1.82, 2.24) is 0 Å². The van der Waals surface area contributed by atoms with E-state index in [2.05, 4.69) is 13.8 Å². The van der Waals surface area contributed by atoms with Crippen LogP contribution >= 0.6 is 11.6 Å². The van der Waals surface area contributed by atoms with Crippen LogP contribution in [0, 0.1) is 10.1 Å². The van der Waals surface area contributed by atoms with Crippen molar-refractivity contribution in [3.8, 4) is 0 Å². The summed E-state index contributed by atoms with van der Waals surface area (Å²) in [6.45, 7) is 4.23. The van der Waals surface area contributed by atoms with E-state index in [1.54, 1.807) is 6.08 Å². The van der Waals surface area contributed by atoms with E-state index < -0.39 is 4.92 Å². The molecular formula is C18H16ClNO3. The highest BCUT2D eigenvalue weighted by molar-refractivity contribution is 6.32. The van der Waals surface area contributed by atoms with Crippen molar-refractivity contribution in [2.45, 2.75) is 19.8 Å². The molecule has 2 aromatic carbocycles. The Morgan fingerprint density at radius 3 is 2.39 bits per heavy atom. The molecule has 0 aliphatic carbocycles. The summed E-state index contributed by atoms with van der Waals surface area (Å²) in [4.78, 5) is 22.4. The van der Waals surface area contributed by atoms with Crippen molar-refractivity contribution in [1.29, 1.82) is 0 Å². The van der Waals surface area contributed by atoms with Crippen LogP contribution in [0.5, 0.6) is 0 Å². The first-order valence-corrected chi connectivity index (χ1v) is 7.52. The summed E-state index contributed by atoms with van der Waals surface area (Å²) >= 11 is 5.74. The minimum absolute atomic E-state index is 0.0137. The Balaban J connectivity index is 2.18. The summed E-state index contributed by atoms with van der Waals surface area (Å²) in [7, 11) is 0. The van der Waals surface area contributed by atoms with Gasteiger partial charge in [-0.1, -0.05) is 55.8 Å². The molecule has 0 amide bonds. The van der Waals surface area contributed by atoms with Gasteiger partial charge in [0.1, 0.15) is 5.02 Å². The van der Waals surface area contributed by atoms with Crippen molar-refractivity contribution in [3.63, 3.8) is 0 Å². The second-order valence-electron chi connectivity index (χ2n) is 5.44. The number of rotatable bonds is 5. The van der Waals surface area contributed by atoms with Gasteiger partial charge < -0.3 is 0 Å². The number of nitrogens with zero attached hydrogens (tertiary/aromatic N) is 1. The summed E-state index contributed by atoms with van der Waals surface area (Å²) < 4.78 is 0. The van der Waals surface area contributed by atoms with Gasteiger partial charge in [0.25, 0.3) is 5.69 Å². The maximum Gasteiger partial charge on any atom is 0.288 e. The Hall–Kier alpha value is -2.46. The van der Waals surface area contributed by atoms with Crippen LogP contribution in [-0.4, -0.2) is 10.7 Å². The van der Waals surface area contributed by atoms with Crippen molar-refractivity contribution < 1.29 is 9.72 Å². The minimum Gasteiger partial charge on any atom is -0.289 e. The largest absolute Gasteiger partial charge is 0.289 e. The minimum atomic E-state index is -0.604. The Labute approximate surface area is 139 Å². The second kappa shape index (κ2) is 7.20. The van der Waals surface area contributed by atoms with E-state index in [4.69, 9.17) is 11.6 Å². The molecule has 0 spiro atoms. The van der Waals surface area contributed by atoms with E-state index >= 15 is 0 Å². The average molecular weight is 330 g/mol. The number of hydrogen-bond acceptors (Lipinski definition) is 3. The number of nitro groups is 1. The van der Waals surface area contributed by atoms with Gasteiger partial charge in [0.2, 0.25) is 0 Å². The molecule has 0 aliphatic rings. The van der Waals surface area contributed by atoms with Gasteiger partial charge in [0, 0.05) is 11.6 Å². The fourth-order valence-electron chi connectivity index (χ4n) is 2.07. The molecule has 0 aliphatic heterocycles. The van der Waals surface area contributed by atoms with Gasteiger partial charge in [-0.3, -0.25) is 14.9 Å².